The number of aliphatic hydroxyl groups excluding tert-OH is 1. The van der Waals surface area contributed by atoms with Gasteiger partial charge in [-0.05, 0) is 42.5 Å². The second-order valence-corrected chi connectivity index (χ2v) is 5.11. The third-order valence-corrected chi connectivity index (χ3v) is 3.82. The standard InChI is InChI=1S/C19H24O2/c1-4-14-11-12-16(13-15(14)5-2)19(20)17-9-7-8-10-18(17)21-6-3/h7-13,19-20H,4-6H2,1-3H3. The lowest BCUT2D eigenvalue weighted by Crippen LogP contribution is -2.05. The number of rotatable bonds is 6. The Balaban J connectivity index is 2.38. The van der Waals surface area contributed by atoms with Gasteiger partial charge in [-0.1, -0.05) is 50.2 Å². The molecule has 0 radical (unpaired) electrons. The van der Waals surface area contributed by atoms with Gasteiger partial charge in [0.05, 0.1) is 6.61 Å². The van der Waals surface area contributed by atoms with Crippen LogP contribution in [0.15, 0.2) is 42.5 Å². The van der Waals surface area contributed by atoms with Crippen molar-refractivity contribution < 1.29 is 9.84 Å². The Hall–Kier alpha value is -1.80. The molecule has 2 rings (SSSR count). The van der Waals surface area contributed by atoms with Crippen molar-refractivity contribution in [2.24, 2.45) is 0 Å². The molecule has 0 aliphatic heterocycles. The number of aliphatic hydroxyl groups is 1. The third-order valence-electron chi connectivity index (χ3n) is 3.82. The molecular formula is C19H24O2. The molecule has 2 aromatic carbocycles. The predicted octanol–water partition coefficient (Wildman–Crippen LogP) is 4.29. The molecule has 2 heteroatoms. The number of para-hydroxylation sites is 1. The minimum absolute atomic E-state index is 0.596. The highest BCUT2D eigenvalue weighted by Crippen LogP contribution is 2.31. The van der Waals surface area contributed by atoms with Gasteiger partial charge in [-0.25, -0.2) is 0 Å². The molecule has 0 fully saturated rings. The van der Waals surface area contributed by atoms with Crippen molar-refractivity contribution in [3.8, 4) is 5.75 Å². The monoisotopic (exact) mass is 284 g/mol. The van der Waals surface area contributed by atoms with Gasteiger partial charge >= 0.3 is 0 Å². The van der Waals surface area contributed by atoms with E-state index in [0.717, 1.165) is 29.7 Å². The van der Waals surface area contributed by atoms with E-state index < -0.39 is 6.10 Å². The molecule has 0 heterocycles. The van der Waals surface area contributed by atoms with Gasteiger partial charge in [-0.2, -0.15) is 0 Å². The number of hydrogen-bond acceptors (Lipinski definition) is 2. The van der Waals surface area contributed by atoms with Crippen molar-refractivity contribution in [2.75, 3.05) is 6.61 Å². The summed E-state index contributed by atoms with van der Waals surface area (Å²) in [5.74, 6) is 0.755. The molecule has 0 aliphatic carbocycles. The van der Waals surface area contributed by atoms with Crippen LogP contribution in [0.2, 0.25) is 0 Å². The number of hydrogen-bond donors (Lipinski definition) is 1. The maximum Gasteiger partial charge on any atom is 0.125 e. The zero-order chi connectivity index (χ0) is 15.2. The zero-order valence-electron chi connectivity index (χ0n) is 13.1. The quantitative estimate of drug-likeness (QED) is 0.857. The van der Waals surface area contributed by atoms with Crippen molar-refractivity contribution in [2.45, 2.75) is 39.7 Å². The number of ether oxygens (including phenoxy) is 1. The van der Waals surface area contributed by atoms with Crippen LogP contribution in [0.5, 0.6) is 5.75 Å². The average molecular weight is 284 g/mol. The van der Waals surface area contributed by atoms with Crippen molar-refractivity contribution in [3.05, 3.63) is 64.7 Å². The summed E-state index contributed by atoms with van der Waals surface area (Å²) in [4.78, 5) is 0. The van der Waals surface area contributed by atoms with E-state index in [-0.39, 0.29) is 0 Å². The summed E-state index contributed by atoms with van der Waals surface area (Å²) in [7, 11) is 0. The summed E-state index contributed by atoms with van der Waals surface area (Å²) in [5, 5.41) is 10.7. The fourth-order valence-electron chi connectivity index (χ4n) is 2.66. The lowest BCUT2D eigenvalue weighted by Gasteiger charge is -2.17. The molecule has 0 aromatic heterocycles. The van der Waals surface area contributed by atoms with Gasteiger partial charge in [0.1, 0.15) is 11.9 Å². The first kappa shape index (κ1) is 15.6. The molecule has 0 bridgehead atoms. The first-order chi connectivity index (χ1) is 10.2. The smallest absolute Gasteiger partial charge is 0.125 e. The van der Waals surface area contributed by atoms with E-state index in [1.807, 2.05) is 37.3 Å². The van der Waals surface area contributed by atoms with Crippen LogP contribution >= 0.6 is 0 Å². The van der Waals surface area contributed by atoms with Gasteiger partial charge in [0.2, 0.25) is 0 Å². The minimum atomic E-state index is -0.649. The van der Waals surface area contributed by atoms with Crippen LogP contribution in [-0.4, -0.2) is 11.7 Å². The predicted molar refractivity (Wildman–Crippen MR) is 86.9 cm³/mol. The number of aryl methyl sites for hydroxylation is 2. The van der Waals surface area contributed by atoms with Gasteiger partial charge in [0.15, 0.2) is 0 Å². The summed E-state index contributed by atoms with van der Waals surface area (Å²) in [6, 6.07) is 14.0. The molecule has 1 unspecified atom stereocenters. The molecule has 112 valence electrons. The lowest BCUT2D eigenvalue weighted by molar-refractivity contribution is 0.212. The molecule has 2 nitrogen and oxygen atoms in total. The van der Waals surface area contributed by atoms with Crippen LogP contribution in [0.4, 0.5) is 0 Å². The largest absolute Gasteiger partial charge is 0.493 e. The number of benzene rings is 2. The Morgan fingerprint density at radius 2 is 1.67 bits per heavy atom. The van der Waals surface area contributed by atoms with Crippen LogP contribution in [-0.2, 0) is 12.8 Å². The molecule has 0 amide bonds. The van der Waals surface area contributed by atoms with Gasteiger partial charge in [0.25, 0.3) is 0 Å². The molecule has 2 aromatic rings. The maximum absolute atomic E-state index is 10.7. The Morgan fingerprint density at radius 3 is 2.33 bits per heavy atom. The molecular weight excluding hydrogens is 260 g/mol. The molecule has 1 N–H and O–H groups in total. The van der Waals surface area contributed by atoms with E-state index in [1.54, 1.807) is 0 Å². The molecule has 1 atom stereocenters. The molecule has 0 spiro atoms. The molecule has 0 aliphatic rings. The van der Waals surface area contributed by atoms with Gasteiger partial charge in [-0.3, -0.25) is 0 Å². The molecule has 0 saturated carbocycles. The van der Waals surface area contributed by atoms with Crippen LogP contribution in [0.1, 0.15) is 49.1 Å². The fraction of sp³-hybridized carbons (Fsp3) is 0.368. The Morgan fingerprint density at radius 1 is 0.952 bits per heavy atom. The van der Waals surface area contributed by atoms with E-state index in [1.165, 1.54) is 11.1 Å². The van der Waals surface area contributed by atoms with Crippen LogP contribution in [0.25, 0.3) is 0 Å². The zero-order valence-corrected chi connectivity index (χ0v) is 13.1. The highest BCUT2D eigenvalue weighted by molar-refractivity contribution is 5.42. The topological polar surface area (TPSA) is 29.5 Å². The second-order valence-electron chi connectivity index (χ2n) is 5.11. The van der Waals surface area contributed by atoms with E-state index in [4.69, 9.17) is 4.74 Å². The van der Waals surface area contributed by atoms with Crippen molar-refractivity contribution in [1.29, 1.82) is 0 Å². The summed E-state index contributed by atoms with van der Waals surface area (Å²) < 4.78 is 5.62. The van der Waals surface area contributed by atoms with E-state index in [0.29, 0.717) is 6.61 Å². The third kappa shape index (κ3) is 3.45. The molecule has 0 saturated heterocycles. The van der Waals surface area contributed by atoms with Crippen LogP contribution in [0.3, 0.4) is 0 Å². The Bertz CT molecular complexity index is 590. The first-order valence-corrected chi connectivity index (χ1v) is 7.72. The average Bonchev–Trinajstić information content (AvgIpc) is 2.54. The fourth-order valence-corrected chi connectivity index (χ4v) is 2.66. The van der Waals surface area contributed by atoms with Crippen molar-refractivity contribution in [1.82, 2.24) is 0 Å². The summed E-state index contributed by atoms with van der Waals surface area (Å²) in [6.45, 7) is 6.86. The van der Waals surface area contributed by atoms with Gasteiger partial charge < -0.3 is 9.84 Å². The Kier molecular flexibility index (Phi) is 5.40. The van der Waals surface area contributed by atoms with E-state index >= 15 is 0 Å². The van der Waals surface area contributed by atoms with Crippen LogP contribution in [0, 0.1) is 0 Å². The maximum atomic E-state index is 10.7. The summed E-state index contributed by atoms with van der Waals surface area (Å²) >= 11 is 0. The van der Waals surface area contributed by atoms with E-state index in [2.05, 4.69) is 26.0 Å². The normalized spacial score (nSPS) is 12.2. The second kappa shape index (κ2) is 7.28. The van der Waals surface area contributed by atoms with Crippen molar-refractivity contribution >= 4 is 0 Å². The summed E-state index contributed by atoms with van der Waals surface area (Å²) in [6.07, 6.45) is 1.36. The Labute approximate surface area is 127 Å². The van der Waals surface area contributed by atoms with Gasteiger partial charge in [-0.15, -0.1) is 0 Å². The minimum Gasteiger partial charge on any atom is -0.493 e. The first-order valence-electron chi connectivity index (χ1n) is 7.72. The lowest BCUT2D eigenvalue weighted by atomic mass is 9.94. The van der Waals surface area contributed by atoms with E-state index in [9.17, 15) is 5.11 Å². The SMILES string of the molecule is CCOc1ccccc1C(O)c1ccc(CC)c(CC)c1. The van der Waals surface area contributed by atoms with Crippen molar-refractivity contribution in [3.63, 3.8) is 0 Å². The van der Waals surface area contributed by atoms with Crippen LogP contribution < -0.4 is 4.74 Å². The van der Waals surface area contributed by atoms with Gasteiger partial charge in [0, 0.05) is 5.56 Å². The highest BCUT2D eigenvalue weighted by atomic mass is 16.5. The summed E-state index contributed by atoms with van der Waals surface area (Å²) in [5.41, 5.74) is 4.41. The highest BCUT2D eigenvalue weighted by Gasteiger charge is 2.16. The molecule has 21 heavy (non-hydrogen) atoms.